The Morgan fingerprint density at radius 3 is 1.53 bits per heavy atom. The fraction of sp³-hybridized carbons (Fsp3) is 0.784. The smallest absolute Gasteiger partial charge is 0.328 e. The number of hydrogen-bond donors (Lipinski definition) is 21. The lowest BCUT2D eigenvalue weighted by molar-refractivity contribution is -0.145. The van der Waals surface area contributed by atoms with E-state index in [-0.39, 0.29) is 101 Å². The average Bonchev–Trinajstić information content (AvgIpc) is 0.870. The largest absolute Gasteiger partial charge is 0.481 e. The molecule has 40 heteroatoms. The monoisotopic (exact) mass is 1660 g/mol. The summed E-state index contributed by atoms with van der Waals surface area (Å²) in [6.45, 7) is 9.80. The third kappa shape index (κ3) is 43.0. The van der Waals surface area contributed by atoms with Crippen molar-refractivity contribution in [2.75, 3.05) is 50.1 Å². The predicted octanol–water partition coefficient (Wildman–Crippen LogP) is -1.32. The molecule has 11 amide bonds. The average molecular weight is 1660 g/mol. The lowest BCUT2D eigenvalue weighted by Gasteiger charge is -2.31. The number of aliphatic hydroxyl groups is 3. The Morgan fingerprint density at radius 2 is 1.00 bits per heavy atom. The number of aliphatic hydroxyl groups excluding tert-OH is 3. The molecule has 0 spiro atoms. The second kappa shape index (κ2) is 58.6. The van der Waals surface area contributed by atoms with Gasteiger partial charge in [-0.2, -0.15) is 24.4 Å². The minimum atomic E-state index is -1.91. The van der Waals surface area contributed by atoms with E-state index in [2.05, 4.69) is 77.7 Å². The van der Waals surface area contributed by atoms with Crippen LogP contribution in [0.4, 0.5) is 0 Å². The molecule has 0 aromatic heterocycles. The quantitative estimate of drug-likeness (QED) is 0.0110. The first-order valence-electron chi connectivity index (χ1n) is 39.8. The zero-order chi connectivity index (χ0) is 86.0. The van der Waals surface area contributed by atoms with Crippen molar-refractivity contribution in [3.8, 4) is 0 Å². The Labute approximate surface area is 677 Å². The van der Waals surface area contributed by atoms with E-state index in [9.17, 15) is 103 Å². The number of esters is 1. The molecule has 38 nitrogen and oxygen atoms in total. The van der Waals surface area contributed by atoms with Gasteiger partial charge >= 0.3 is 23.9 Å². The van der Waals surface area contributed by atoms with Gasteiger partial charge < -0.3 is 116 Å². The highest BCUT2D eigenvalue weighted by molar-refractivity contribution is 7.99. The van der Waals surface area contributed by atoms with Crippen molar-refractivity contribution in [3.05, 3.63) is 0 Å². The van der Waals surface area contributed by atoms with Gasteiger partial charge in [0.1, 0.15) is 67.0 Å². The number of nitrogens with two attached hydrogens (primary N) is 4. The topological polar surface area (TPSA) is 627 Å². The highest BCUT2D eigenvalue weighted by Crippen LogP contribution is 2.22. The van der Waals surface area contributed by atoms with Gasteiger partial charge in [0.25, 0.3) is 0 Å². The molecule has 0 radical (unpaired) electrons. The number of carboxylic acid groups (broad SMARTS) is 3. The number of nitrogens with zero attached hydrogens (tertiary/aromatic N) is 2. The van der Waals surface area contributed by atoms with E-state index in [0.29, 0.717) is 12.8 Å². The third-order valence-corrected chi connectivity index (χ3v) is 20.2. The predicted molar refractivity (Wildman–Crippen MR) is 428 cm³/mol. The summed E-state index contributed by atoms with van der Waals surface area (Å²) in [5, 5.41) is 84.4. The van der Waals surface area contributed by atoms with Gasteiger partial charge in [0.2, 0.25) is 65.0 Å². The Bertz CT molecular complexity index is 3060. The zero-order valence-corrected chi connectivity index (χ0v) is 69.0. The van der Waals surface area contributed by atoms with Crippen molar-refractivity contribution < 1.29 is 107 Å². The van der Waals surface area contributed by atoms with Crippen LogP contribution in [-0.2, 0) is 76.7 Å². The van der Waals surface area contributed by atoms with Gasteiger partial charge in [0.05, 0.1) is 31.3 Å². The molecule has 1 heterocycles. The molecule has 1 fully saturated rings. The van der Waals surface area contributed by atoms with E-state index in [0.717, 1.165) is 56.2 Å². The van der Waals surface area contributed by atoms with Crippen molar-refractivity contribution in [1.29, 1.82) is 0 Å². The molecule has 0 aromatic carbocycles. The van der Waals surface area contributed by atoms with Crippen LogP contribution in [0.15, 0.2) is 4.99 Å². The first kappa shape index (κ1) is 104. The number of rotatable bonds is 63. The van der Waals surface area contributed by atoms with Crippen molar-refractivity contribution in [1.82, 2.24) is 58.1 Å². The number of thioether (sulfide) groups is 1. The van der Waals surface area contributed by atoms with Crippen molar-refractivity contribution >= 4 is 119 Å². The maximum absolute atomic E-state index is 14.8. The Balaban J connectivity index is 3.54. The lowest BCUT2D eigenvalue weighted by atomic mass is 10.0. The molecule has 0 aromatic rings. The minimum absolute atomic E-state index is 0.00157. The van der Waals surface area contributed by atoms with Crippen molar-refractivity contribution in [2.24, 2.45) is 39.8 Å². The SMILES string of the molecule is CCCCCCCCCCCCCCCCCC(=O)OCCSC[C@H](NC(=O)[C@H](CS)NC(=O)[C@H](CC(=O)O)NC(=O)[C@@H](N)C(C)C)C(=O)N[C@@H](CC(C)C)C(=O)N[C@@H](CO)C(=O)N[C@@H](CCCN=C(N)N)C(=O)N1CCC[C@H]1C(=O)N[C@H](C(=O)N[C@@H](CCC(=O)O)C(=O)N[C@@H](CCCCN)C(=O)N[C@H](C(=O)O)[C@@H](C)O)[C@@H](C)O. The van der Waals surface area contributed by atoms with Gasteiger partial charge in [-0.05, 0) is 96.4 Å². The summed E-state index contributed by atoms with van der Waals surface area (Å²) in [5.74, 6) is -18.1. The lowest BCUT2D eigenvalue weighted by Crippen LogP contribution is -2.62. The minimum Gasteiger partial charge on any atom is -0.481 e. The van der Waals surface area contributed by atoms with E-state index >= 15 is 0 Å². The Morgan fingerprint density at radius 1 is 0.526 bits per heavy atom. The first-order chi connectivity index (χ1) is 53.9. The number of nitrogens with one attached hydrogen (secondary N) is 10. The maximum atomic E-state index is 14.8. The van der Waals surface area contributed by atoms with E-state index < -0.39 is 211 Å². The summed E-state index contributed by atoms with van der Waals surface area (Å²) in [6.07, 6.45) is 12.1. The number of carbonyl (C=O) groups excluding carboxylic acids is 12. The summed E-state index contributed by atoms with van der Waals surface area (Å²) in [7, 11) is 0. The number of hydrogen-bond acceptors (Lipinski definition) is 24. The number of thiol groups is 1. The van der Waals surface area contributed by atoms with Crippen LogP contribution in [0.25, 0.3) is 0 Å². The van der Waals surface area contributed by atoms with Gasteiger partial charge in [0, 0.05) is 43.2 Å². The highest BCUT2D eigenvalue weighted by atomic mass is 32.2. The molecule has 1 aliphatic heterocycles. The summed E-state index contributed by atoms with van der Waals surface area (Å²) in [5.41, 5.74) is 22.7. The van der Waals surface area contributed by atoms with Gasteiger partial charge in [0.15, 0.2) is 12.0 Å². The number of likely N-dealkylation sites (tertiary alicyclic amines) is 1. The molecule has 114 heavy (non-hydrogen) atoms. The molecule has 0 aliphatic carbocycles. The Hall–Kier alpha value is -8.18. The standard InChI is InChI=1S/C74H132N16O22S2/c1-8-9-10-11-12-13-14-15-16-17-18-19-20-21-22-30-58(98)112-36-37-114-42-54(87-67(104)53(41-113)86-65(102)51(39-57(96)97)84-70(107)59(76)44(4)5)68(105)83-50(38-43(2)3)64(101)85-52(40-91)66(103)82-49(28-25-34-79-74(77)78)72(109)90-35-26-29-55(90)69(106)88-60(45(6)92)71(108)81-48(31-32-56(94)95)62(99)80-47(27-23-24-33-75)63(100)89-61(46(7)93)73(110)111/h43-55,59-61,91-93,113H,8-42,75-76H2,1-7H3,(H,80,99)(H,81,108)(H,82,103)(H,83,105)(H,84,107)(H,85,101)(H,86,102)(H,87,104)(H,88,106)(H,89,100)(H,94,95)(H,96,97)(H,110,111)(H4,77,78,79)/t45-,46-,47+,48+,49+,50+,51+,52+,53+,54+,55+,59+,60+,61+/m1/s1. The number of unbranched alkanes of at least 4 members (excludes halogenated alkanes) is 15. The molecule has 1 rings (SSSR count). The Kier molecular flexibility index (Phi) is 53.4. The van der Waals surface area contributed by atoms with E-state index in [4.69, 9.17) is 27.7 Å². The van der Waals surface area contributed by atoms with Crippen LogP contribution in [0, 0.1) is 11.8 Å². The van der Waals surface area contributed by atoms with Gasteiger partial charge in [-0.25, -0.2) is 4.79 Å². The van der Waals surface area contributed by atoms with Crippen LogP contribution in [0.5, 0.6) is 0 Å². The molecular formula is C74H132N16O22S2. The number of ether oxygens (including phenoxy) is 1. The second-order valence-electron chi connectivity index (χ2n) is 29.5. The van der Waals surface area contributed by atoms with E-state index in [1.165, 1.54) is 64.2 Å². The van der Waals surface area contributed by atoms with Crippen LogP contribution >= 0.6 is 24.4 Å². The molecule has 1 saturated heterocycles. The van der Waals surface area contributed by atoms with Crippen molar-refractivity contribution in [2.45, 2.75) is 307 Å². The molecular weight excluding hydrogens is 1530 g/mol. The van der Waals surface area contributed by atoms with Crippen LogP contribution < -0.4 is 76.1 Å². The van der Waals surface area contributed by atoms with Gasteiger partial charge in [-0.15, -0.1) is 0 Å². The van der Waals surface area contributed by atoms with Crippen LogP contribution in [0.1, 0.15) is 222 Å². The van der Waals surface area contributed by atoms with Crippen LogP contribution in [0.3, 0.4) is 0 Å². The number of amides is 11. The first-order valence-corrected chi connectivity index (χ1v) is 41.6. The van der Waals surface area contributed by atoms with Crippen LogP contribution in [0.2, 0.25) is 0 Å². The number of carbonyl (C=O) groups is 15. The number of guanidine groups is 1. The highest BCUT2D eigenvalue weighted by Gasteiger charge is 2.42. The molecule has 0 bridgehead atoms. The zero-order valence-electron chi connectivity index (χ0n) is 67.3. The normalized spacial score (nSPS) is 16.1. The number of carboxylic acids is 3. The summed E-state index contributed by atoms with van der Waals surface area (Å²) < 4.78 is 5.49. The molecule has 0 saturated carbocycles. The summed E-state index contributed by atoms with van der Waals surface area (Å²) >= 11 is 5.30. The van der Waals surface area contributed by atoms with Gasteiger partial charge in [-0.1, -0.05) is 125 Å². The summed E-state index contributed by atoms with van der Waals surface area (Å²) in [6, 6.07) is -19.3. The fourth-order valence-corrected chi connectivity index (χ4v) is 13.2. The van der Waals surface area contributed by atoms with Crippen LogP contribution in [-0.4, -0.2) is 265 Å². The molecule has 0 unspecified atom stereocenters. The fourth-order valence-electron chi connectivity index (χ4n) is 12.1. The molecule has 652 valence electrons. The molecule has 24 N–H and O–H groups in total. The maximum Gasteiger partial charge on any atom is 0.328 e. The molecule has 1 aliphatic rings. The molecule has 14 atom stereocenters. The number of aliphatic imine (C=N–C) groups is 1. The van der Waals surface area contributed by atoms with Gasteiger partial charge in [-0.3, -0.25) is 72.1 Å². The van der Waals surface area contributed by atoms with E-state index in [1.807, 2.05) is 0 Å². The van der Waals surface area contributed by atoms with Crippen molar-refractivity contribution in [3.63, 3.8) is 0 Å². The number of aliphatic carboxylic acids is 3. The second-order valence-corrected chi connectivity index (χ2v) is 31.0. The van der Waals surface area contributed by atoms with E-state index in [1.54, 1.807) is 27.7 Å². The summed E-state index contributed by atoms with van der Waals surface area (Å²) in [4.78, 5) is 208. The third-order valence-electron chi connectivity index (χ3n) is 18.8.